The van der Waals surface area contributed by atoms with Crippen LogP contribution in [0.1, 0.15) is 29.0 Å². The van der Waals surface area contributed by atoms with Crippen molar-refractivity contribution in [3.05, 3.63) is 47.8 Å². The molecule has 2 rings (SSSR count). The summed E-state index contributed by atoms with van der Waals surface area (Å²) in [7, 11) is 0. The van der Waals surface area contributed by atoms with Gasteiger partial charge in [0, 0.05) is 0 Å². The highest BCUT2D eigenvalue weighted by molar-refractivity contribution is 5.92. The number of carbonyl (C=O) groups excluding carboxylic acids is 1. The maximum absolute atomic E-state index is 11.7. The molecule has 5 heteroatoms. The van der Waals surface area contributed by atoms with Gasteiger partial charge in [-0.3, -0.25) is 4.79 Å². The van der Waals surface area contributed by atoms with Crippen LogP contribution < -0.4 is 5.32 Å². The molecule has 0 aliphatic rings. The second-order valence-electron chi connectivity index (χ2n) is 3.46. The molecule has 5 nitrogen and oxygen atoms in total. The summed E-state index contributed by atoms with van der Waals surface area (Å²) >= 11 is 0. The first-order valence-electron chi connectivity index (χ1n) is 4.99. The maximum Gasteiger partial charge on any atom is 0.273 e. The van der Waals surface area contributed by atoms with Crippen molar-refractivity contribution in [3.8, 4) is 0 Å². The van der Waals surface area contributed by atoms with Gasteiger partial charge in [0.05, 0.1) is 12.2 Å². The first-order valence-corrected chi connectivity index (χ1v) is 4.99. The number of H-pyrrole nitrogens is 1. The first-order chi connectivity index (χ1) is 7.77. The van der Waals surface area contributed by atoms with Crippen molar-refractivity contribution in [3.63, 3.8) is 0 Å². The quantitative estimate of drug-likeness (QED) is 0.812. The van der Waals surface area contributed by atoms with Crippen molar-refractivity contribution >= 4 is 5.91 Å². The molecular formula is C11H12N4O. The van der Waals surface area contributed by atoms with Crippen molar-refractivity contribution in [2.45, 2.75) is 13.0 Å². The Morgan fingerprint density at radius 1 is 1.38 bits per heavy atom. The average molecular weight is 216 g/mol. The average Bonchev–Trinajstić information content (AvgIpc) is 2.83. The standard InChI is InChI=1S/C11H12N4O/c1-8(9-5-3-2-4-6-9)13-11(16)10-7-12-15-14-10/h2-8H,1H3,(H,13,16)(H,12,14,15). The fourth-order valence-electron chi connectivity index (χ4n) is 1.41. The van der Waals surface area contributed by atoms with Gasteiger partial charge in [0.2, 0.25) is 0 Å². The molecule has 1 aromatic carbocycles. The highest BCUT2D eigenvalue weighted by Gasteiger charge is 2.12. The number of hydrogen-bond donors (Lipinski definition) is 2. The Morgan fingerprint density at radius 2 is 2.12 bits per heavy atom. The SMILES string of the molecule is CC(NC(=O)c1cn[nH]n1)c1ccccc1. The molecule has 1 amide bonds. The molecule has 0 radical (unpaired) electrons. The van der Waals surface area contributed by atoms with Crippen LogP contribution in [0.3, 0.4) is 0 Å². The van der Waals surface area contributed by atoms with Crippen molar-refractivity contribution in [2.24, 2.45) is 0 Å². The number of nitrogens with one attached hydrogen (secondary N) is 2. The highest BCUT2D eigenvalue weighted by Crippen LogP contribution is 2.11. The molecule has 0 spiro atoms. The maximum atomic E-state index is 11.7. The van der Waals surface area contributed by atoms with Gasteiger partial charge in [-0.05, 0) is 12.5 Å². The number of rotatable bonds is 3. The van der Waals surface area contributed by atoms with Crippen LogP contribution in [0.4, 0.5) is 0 Å². The second kappa shape index (κ2) is 4.57. The predicted octanol–water partition coefficient (Wildman–Crippen LogP) is 1.30. The molecule has 1 aromatic heterocycles. The second-order valence-corrected chi connectivity index (χ2v) is 3.46. The fraction of sp³-hybridized carbons (Fsp3) is 0.182. The normalized spacial score (nSPS) is 12.1. The molecule has 0 saturated heterocycles. The predicted molar refractivity (Wildman–Crippen MR) is 58.7 cm³/mol. The Kier molecular flexibility index (Phi) is 2.95. The van der Waals surface area contributed by atoms with Crippen LogP contribution in [0.2, 0.25) is 0 Å². The first kappa shape index (κ1) is 10.4. The van der Waals surface area contributed by atoms with Gasteiger partial charge in [0.15, 0.2) is 5.69 Å². The lowest BCUT2D eigenvalue weighted by atomic mass is 10.1. The van der Waals surface area contributed by atoms with E-state index < -0.39 is 0 Å². The molecule has 1 atom stereocenters. The summed E-state index contributed by atoms with van der Waals surface area (Å²) in [6, 6.07) is 9.70. The molecule has 16 heavy (non-hydrogen) atoms. The van der Waals surface area contributed by atoms with Gasteiger partial charge in [-0.15, -0.1) is 0 Å². The Balaban J connectivity index is 2.03. The van der Waals surface area contributed by atoms with E-state index in [1.54, 1.807) is 0 Å². The Morgan fingerprint density at radius 3 is 2.75 bits per heavy atom. The number of hydrogen-bond acceptors (Lipinski definition) is 3. The third-order valence-electron chi connectivity index (χ3n) is 2.29. The zero-order valence-electron chi connectivity index (χ0n) is 8.84. The molecule has 2 aromatic rings. The summed E-state index contributed by atoms with van der Waals surface area (Å²) in [6.45, 7) is 1.92. The summed E-state index contributed by atoms with van der Waals surface area (Å²) in [5.74, 6) is -0.231. The van der Waals surface area contributed by atoms with Gasteiger partial charge in [-0.1, -0.05) is 30.3 Å². The van der Waals surface area contributed by atoms with Gasteiger partial charge < -0.3 is 5.32 Å². The zero-order chi connectivity index (χ0) is 11.4. The van der Waals surface area contributed by atoms with E-state index in [1.165, 1.54) is 6.20 Å². The number of aromatic nitrogens is 3. The number of benzene rings is 1. The number of aromatic amines is 1. The number of nitrogens with zero attached hydrogens (tertiary/aromatic N) is 2. The van der Waals surface area contributed by atoms with Crippen LogP contribution in [-0.4, -0.2) is 21.3 Å². The van der Waals surface area contributed by atoms with E-state index in [4.69, 9.17) is 0 Å². The van der Waals surface area contributed by atoms with Crippen LogP contribution in [0.15, 0.2) is 36.5 Å². The van der Waals surface area contributed by atoms with E-state index in [-0.39, 0.29) is 11.9 Å². The smallest absolute Gasteiger partial charge is 0.273 e. The van der Waals surface area contributed by atoms with E-state index in [1.807, 2.05) is 37.3 Å². The van der Waals surface area contributed by atoms with E-state index in [0.717, 1.165) is 5.56 Å². The zero-order valence-corrected chi connectivity index (χ0v) is 8.84. The minimum absolute atomic E-state index is 0.0506. The molecule has 1 unspecified atom stereocenters. The topological polar surface area (TPSA) is 70.7 Å². The Labute approximate surface area is 92.9 Å². The van der Waals surface area contributed by atoms with E-state index >= 15 is 0 Å². The van der Waals surface area contributed by atoms with Crippen LogP contribution >= 0.6 is 0 Å². The van der Waals surface area contributed by atoms with Crippen LogP contribution in [0.25, 0.3) is 0 Å². The van der Waals surface area contributed by atoms with Crippen molar-refractivity contribution < 1.29 is 4.79 Å². The van der Waals surface area contributed by atoms with Gasteiger partial charge in [-0.2, -0.15) is 15.4 Å². The van der Waals surface area contributed by atoms with Crippen molar-refractivity contribution in [2.75, 3.05) is 0 Å². The lowest BCUT2D eigenvalue weighted by Gasteiger charge is -2.12. The summed E-state index contributed by atoms with van der Waals surface area (Å²) in [4.78, 5) is 11.7. The van der Waals surface area contributed by atoms with Gasteiger partial charge in [0.1, 0.15) is 0 Å². The molecule has 0 aliphatic heterocycles. The summed E-state index contributed by atoms with van der Waals surface area (Å²) in [6.07, 6.45) is 1.40. The van der Waals surface area contributed by atoms with E-state index in [9.17, 15) is 4.79 Å². The summed E-state index contributed by atoms with van der Waals surface area (Å²) < 4.78 is 0. The minimum Gasteiger partial charge on any atom is -0.344 e. The summed E-state index contributed by atoms with van der Waals surface area (Å²) in [5, 5.41) is 12.5. The summed E-state index contributed by atoms with van der Waals surface area (Å²) in [5.41, 5.74) is 1.35. The fourth-order valence-corrected chi connectivity index (χ4v) is 1.41. The molecule has 1 heterocycles. The van der Waals surface area contributed by atoms with E-state index in [2.05, 4.69) is 20.7 Å². The lowest BCUT2D eigenvalue weighted by Crippen LogP contribution is -2.26. The van der Waals surface area contributed by atoms with Gasteiger partial charge in [-0.25, -0.2) is 0 Å². The largest absolute Gasteiger partial charge is 0.344 e. The molecule has 0 saturated carbocycles. The monoisotopic (exact) mass is 216 g/mol. The molecule has 2 N–H and O–H groups in total. The van der Waals surface area contributed by atoms with Gasteiger partial charge in [0.25, 0.3) is 5.91 Å². The van der Waals surface area contributed by atoms with Crippen LogP contribution in [0, 0.1) is 0 Å². The third-order valence-corrected chi connectivity index (χ3v) is 2.29. The minimum atomic E-state index is -0.231. The highest BCUT2D eigenvalue weighted by atomic mass is 16.2. The van der Waals surface area contributed by atoms with Crippen molar-refractivity contribution in [1.29, 1.82) is 0 Å². The molecule has 0 aliphatic carbocycles. The number of amides is 1. The molecule has 82 valence electrons. The van der Waals surface area contributed by atoms with Gasteiger partial charge >= 0.3 is 0 Å². The third kappa shape index (κ3) is 2.25. The number of carbonyl (C=O) groups is 1. The lowest BCUT2D eigenvalue weighted by molar-refractivity contribution is 0.0935. The Hall–Kier alpha value is -2.17. The Bertz CT molecular complexity index is 452. The van der Waals surface area contributed by atoms with E-state index in [0.29, 0.717) is 5.69 Å². The van der Waals surface area contributed by atoms with Crippen LogP contribution in [-0.2, 0) is 0 Å². The van der Waals surface area contributed by atoms with Crippen molar-refractivity contribution in [1.82, 2.24) is 20.7 Å². The van der Waals surface area contributed by atoms with Crippen LogP contribution in [0.5, 0.6) is 0 Å². The molecule has 0 bridgehead atoms. The molecular weight excluding hydrogens is 204 g/mol. The molecule has 0 fully saturated rings.